The van der Waals surface area contributed by atoms with Gasteiger partial charge in [0.05, 0.1) is 17.3 Å². The van der Waals surface area contributed by atoms with Gasteiger partial charge in [-0.15, -0.1) is 0 Å². The lowest BCUT2D eigenvalue weighted by atomic mass is 9.99. The monoisotopic (exact) mass is 568 g/mol. The number of benzene rings is 2. The molecule has 0 radical (unpaired) electrons. The van der Waals surface area contributed by atoms with Crippen molar-refractivity contribution < 1.29 is 9.53 Å². The van der Waals surface area contributed by atoms with E-state index in [4.69, 9.17) is 20.9 Å². The molecular weight excluding hydrogens is 524 g/mol. The van der Waals surface area contributed by atoms with Crippen LogP contribution in [-0.2, 0) is 4.79 Å². The third-order valence-electron chi connectivity index (χ3n) is 7.86. The first-order valence-corrected chi connectivity index (χ1v) is 14.9. The van der Waals surface area contributed by atoms with Gasteiger partial charge in [0, 0.05) is 43.0 Å². The number of nitrogens with zero attached hydrogens (tertiary/aromatic N) is 3. The van der Waals surface area contributed by atoms with Crippen LogP contribution in [0.3, 0.4) is 0 Å². The van der Waals surface area contributed by atoms with Gasteiger partial charge in [-0.3, -0.25) is 20.1 Å². The number of allylic oxidation sites excluding steroid dienone is 1. The Labute approximate surface area is 250 Å². The lowest BCUT2D eigenvalue weighted by Crippen LogP contribution is -2.42. The summed E-state index contributed by atoms with van der Waals surface area (Å²) in [6.45, 7) is 7.59. The smallest absolute Gasteiger partial charge is 0.246 e. The number of ether oxygens (including phenoxy) is 1. The van der Waals surface area contributed by atoms with Crippen LogP contribution in [0.5, 0.6) is 11.5 Å². The summed E-state index contributed by atoms with van der Waals surface area (Å²) < 4.78 is 5.90. The number of likely N-dealkylation sites (tertiary alicyclic amines) is 1. The topological polar surface area (TPSA) is 107 Å². The van der Waals surface area contributed by atoms with Gasteiger partial charge in [-0.2, -0.15) is 0 Å². The van der Waals surface area contributed by atoms with E-state index in [-0.39, 0.29) is 17.7 Å². The molecule has 1 unspecified atom stereocenters. The van der Waals surface area contributed by atoms with Gasteiger partial charge < -0.3 is 20.7 Å². The Bertz CT molecular complexity index is 1310. The van der Waals surface area contributed by atoms with Crippen LogP contribution < -0.4 is 15.8 Å². The van der Waals surface area contributed by atoms with Crippen LogP contribution in [0.2, 0.25) is 0 Å². The minimum atomic E-state index is -0.122. The van der Waals surface area contributed by atoms with Crippen molar-refractivity contribution in [2.24, 2.45) is 10.7 Å². The molecular formula is C34H44N6O2. The minimum absolute atomic E-state index is 0.0178. The first-order valence-electron chi connectivity index (χ1n) is 14.9. The maximum absolute atomic E-state index is 13.0. The summed E-state index contributed by atoms with van der Waals surface area (Å²) in [4.78, 5) is 22.2. The molecule has 2 aromatic carbocycles. The molecule has 4 rings (SSSR count). The van der Waals surface area contributed by atoms with E-state index >= 15 is 0 Å². The van der Waals surface area contributed by atoms with Gasteiger partial charge in [-0.05, 0) is 82.3 Å². The molecule has 1 amide bonds. The van der Waals surface area contributed by atoms with E-state index in [1.807, 2.05) is 65.6 Å². The predicted molar refractivity (Wildman–Crippen MR) is 171 cm³/mol. The van der Waals surface area contributed by atoms with E-state index in [2.05, 4.69) is 23.8 Å². The molecule has 2 fully saturated rings. The van der Waals surface area contributed by atoms with Gasteiger partial charge in [-0.1, -0.05) is 43.7 Å². The van der Waals surface area contributed by atoms with Crippen LogP contribution in [0.4, 0.5) is 0 Å². The molecule has 0 spiro atoms. The fourth-order valence-electron chi connectivity index (χ4n) is 5.59. The SMILES string of the molecule is C=CNC(=NC1CCCN(C(=O)/C=C/CN(C)C2CCCC2)C1)/C(C(=N)c1ccc(Oc2ccccc2)cc1)=C(\C)N. The molecule has 0 aromatic heterocycles. The number of rotatable bonds is 11. The summed E-state index contributed by atoms with van der Waals surface area (Å²) >= 11 is 0. The van der Waals surface area contributed by atoms with Crippen LogP contribution in [0.15, 0.2) is 95.8 Å². The zero-order valence-corrected chi connectivity index (χ0v) is 24.9. The Morgan fingerprint density at radius 1 is 1.12 bits per heavy atom. The number of carbonyl (C=O) groups is 1. The third-order valence-corrected chi connectivity index (χ3v) is 7.86. The lowest BCUT2D eigenvalue weighted by Gasteiger charge is -2.31. The first kappa shape index (κ1) is 30.8. The molecule has 4 N–H and O–H groups in total. The average Bonchev–Trinajstić information content (AvgIpc) is 3.54. The summed E-state index contributed by atoms with van der Waals surface area (Å²) in [5, 5.41) is 12.1. The maximum atomic E-state index is 13.0. The second-order valence-electron chi connectivity index (χ2n) is 11.1. The number of para-hydroxylation sites is 1. The zero-order chi connectivity index (χ0) is 29.9. The number of amidine groups is 1. The number of amides is 1. The highest BCUT2D eigenvalue weighted by Gasteiger charge is 2.25. The Morgan fingerprint density at radius 2 is 1.81 bits per heavy atom. The molecule has 1 heterocycles. The predicted octanol–water partition coefficient (Wildman–Crippen LogP) is 5.63. The number of nitrogens with one attached hydrogen (secondary N) is 2. The highest BCUT2D eigenvalue weighted by molar-refractivity contribution is 6.29. The fraction of sp³-hybridized carbons (Fsp3) is 0.382. The van der Waals surface area contributed by atoms with Gasteiger partial charge in [0.1, 0.15) is 17.3 Å². The van der Waals surface area contributed by atoms with Crippen molar-refractivity contribution in [3.63, 3.8) is 0 Å². The first-order chi connectivity index (χ1) is 20.4. The molecule has 222 valence electrons. The summed E-state index contributed by atoms with van der Waals surface area (Å²) in [5.74, 6) is 1.92. The number of hydrogen-bond acceptors (Lipinski definition) is 6. The lowest BCUT2D eigenvalue weighted by molar-refractivity contribution is -0.127. The van der Waals surface area contributed by atoms with E-state index in [1.165, 1.54) is 25.7 Å². The molecule has 1 aliphatic heterocycles. The molecule has 2 aromatic rings. The second kappa shape index (κ2) is 15.2. The summed E-state index contributed by atoms with van der Waals surface area (Å²) in [5.41, 5.74) is 8.22. The molecule has 0 bridgehead atoms. The summed E-state index contributed by atoms with van der Waals surface area (Å²) in [6, 6.07) is 17.4. The largest absolute Gasteiger partial charge is 0.457 e. The number of piperidine rings is 1. The Morgan fingerprint density at radius 3 is 2.48 bits per heavy atom. The normalized spacial score (nSPS) is 18.7. The van der Waals surface area contributed by atoms with Crippen LogP contribution in [-0.4, -0.2) is 66.0 Å². The number of hydrogen-bond donors (Lipinski definition) is 3. The van der Waals surface area contributed by atoms with Gasteiger partial charge in [0.25, 0.3) is 0 Å². The number of carbonyl (C=O) groups excluding carboxylic acids is 1. The molecule has 1 atom stereocenters. The molecule has 42 heavy (non-hydrogen) atoms. The van der Waals surface area contributed by atoms with Gasteiger partial charge in [-0.25, -0.2) is 0 Å². The van der Waals surface area contributed by atoms with Crippen molar-refractivity contribution in [2.45, 2.75) is 57.5 Å². The van der Waals surface area contributed by atoms with Gasteiger partial charge >= 0.3 is 0 Å². The van der Waals surface area contributed by atoms with Crippen molar-refractivity contribution in [1.82, 2.24) is 15.1 Å². The Kier molecular flexibility index (Phi) is 11.1. The maximum Gasteiger partial charge on any atom is 0.246 e. The number of likely N-dealkylation sites (N-methyl/N-ethyl adjacent to an activating group) is 1. The van der Waals surface area contributed by atoms with Crippen LogP contribution in [0.25, 0.3) is 0 Å². The van der Waals surface area contributed by atoms with E-state index in [9.17, 15) is 4.79 Å². The number of aliphatic imine (C=N–C) groups is 1. The highest BCUT2D eigenvalue weighted by Crippen LogP contribution is 2.24. The molecule has 1 saturated heterocycles. The second-order valence-corrected chi connectivity index (χ2v) is 11.1. The molecule has 1 saturated carbocycles. The van der Waals surface area contributed by atoms with Crippen molar-refractivity contribution in [3.8, 4) is 11.5 Å². The highest BCUT2D eigenvalue weighted by atomic mass is 16.5. The Hall–Kier alpha value is -4.17. The quantitative estimate of drug-likeness (QED) is 0.185. The zero-order valence-electron chi connectivity index (χ0n) is 24.9. The van der Waals surface area contributed by atoms with Crippen molar-refractivity contribution in [2.75, 3.05) is 26.7 Å². The van der Waals surface area contributed by atoms with Crippen molar-refractivity contribution >= 4 is 17.5 Å². The molecule has 8 heteroatoms. The van der Waals surface area contributed by atoms with Crippen molar-refractivity contribution in [1.29, 1.82) is 5.41 Å². The third kappa shape index (κ3) is 8.42. The van der Waals surface area contributed by atoms with E-state index < -0.39 is 0 Å². The fourth-order valence-corrected chi connectivity index (χ4v) is 5.59. The summed E-state index contributed by atoms with van der Waals surface area (Å²) in [6.07, 6.45) is 12.0. The molecule has 2 aliphatic rings. The van der Waals surface area contributed by atoms with Crippen LogP contribution in [0.1, 0.15) is 51.0 Å². The van der Waals surface area contributed by atoms with E-state index in [0.29, 0.717) is 47.6 Å². The standard InChI is InChI=1S/C34H44N6O2/c1-4-37-34(32(25(2)35)33(36)26-18-20-30(21-19-26)42-29-15-6-5-7-16-29)38-27-12-10-23-40(24-27)31(41)17-11-22-39(3)28-13-8-9-14-28/h4-7,11,15-21,27-28,36H,1,8-10,12-14,22-24,35H2,2-3H3,(H,37,38)/b17-11+,32-25+,36-33?. The van der Waals surface area contributed by atoms with Gasteiger partial charge in [0.15, 0.2) is 0 Å². The Balaban J connectivity index is 1.43. The van der Waals surface area contributed by atoms with E-state index in [1.54, 1.807) is 19.2 Å². The molecule has 1 aliphatic carbocycles. The average molecular weight is 569 g/mol. The van der Waals surface area contributed by atoms with Crippen LogP contribution >= 0.6 is 0 Å². The minimum Gasteiger partial charge on any atom is -0.457 e. The van der Waals surface area contributed by atoms with E-state index in [0.717, 1.165) is 25.1 Å². The summed E-state index contributed by atoms with van der Waals surface area (Å²) in [7, 11) is 2.14. The van der Waals surface area contributed by atoms with Gasteiger partial charge in [0.2, 0.25) is 5.91 Å². The molecule has 8 nitrogen and oxygen atoms in total. The van der Waals surface area contributed by atoms with Crippen LogP contribution in [0, 0.1) is 5.41 Å². The van der Waals surface area contributed by atoms with Crippen molar-refractivity contribution in [3.05, 3.63) is 96.4 Å². The number of nitrogens with two attached hydrogens (primary N) is 1.